The number of thiazole rings is 1. The van der Waals surface area contributed by atoms with Crippen LogP contribution in [0, 0.1) is 17.4 Å². The number of carbonyl (C=O) groups excluding carboxylic acids is 1. The van der Waals surface area contributed by atoms with E-state index in [4.69, 9.17) is 5.26 Å². The van der Waals surface area contributed by atoms with Gasteiger partial charge in [-0.3, -0.25) is 4.79 Å². The van der Waals surface area contributed by atoms with Crippen molar-refractivity contribution in [3.8, 4) is 6.19 Å². The number of carbonyl (C=O) groups is 1. The number of nitrogens with zero attached hydrogens (tertiary/aromatic N) is 4. The van der Waals surface area contributed by atoms with Crippen LogP contribution in [0.3, 0.4) is 0 Å². The van der Waals surface area contributed by atoms with E-state index in [1.54, 1.807) is 4.90 Å². The van der Waals surface area contributed by atoms with Gasteiger partial charge in [0, 0.05) is 13.1 Å². The van der Waals surface area contributed by atoms with Crippen molar-refractivity contribution in [2.24, 2.45) is 5.92 Å². The summed E-state index contributed by atoms with van der Waals surface area (Å²) in [4.78, 5) is 23.1. The molecule has 1 unspecified atom stereocenters. The highest BCUT2D eigenvalue weighted by Crippen LogP contribution is 2.26. The minimum atomic E-state index is -0.152. The Hall–Kier alpha value is -1.72. The van der Waals surface area contributed by atoms with Crippen LogP contribution in [-0.2, 0) is 4.79 Å². The van der Waals surface area contributed by atoms with Gasteiger partial charge in [0.1, 0.15) is 15.0 Å². The van der Waals surface area contributed by atoms with Gasteiger partial charge in [-0.05, 0) is 34.5 Å². The van der Waals surface area contributed by atoms with Gasteiger partial charge in [-0.25, -0.2) is 9.97 Å². The summed E-state index contributed by atoms with van der Waals surface area (Å²) in [7, 11) is 0. The number of likely N-dealkylation sites (tertiary alicyclic amines) is 1. The molecule has 1 aliphatic rings. The van der Waals surface area contributed by atoms with Gasteiger partial charge in [-0.2, -0.15) is 5.26 Å². The molecule has 6 nitrogen and oxygen atoms in total. The van der Waals surface area contributed by atoms with Gasteiger partial charge in [0.2, 0.25) is 5.91 Å². The average molecular weight is 352 g/mol. The maximum atomic E-state index is 12.1. The topological polar surface area (TPSA) is 81.9 Å². The first-order valence-electron chi connectivity index (χ1n) is 6.04. The lowest BCUT2D eigenvalue weighted by molar-refractivity contribution is -0.119. The summed E-state index contributed by atoms with van der Waals surface area (Å²) in [5, 5.41) is 12.2. The van der Waals surface area contributed by atoms with E-state index in [0.29, 0.717) is 24.6 Å². The fraction of sp³-hybridized carbons (Fsp3) is 0.333. The first-order chi connectivity index (χ1) is 9.65. The van der Waals surface area contributed by atoms with E-state index in [1.165, 1.54) is 11.3 Å². The number of hydrogen-bond donors (Lipinski definition) is 1. The zero-order valence-corrected chi connectivity index (χ0v) is 12.7. The second-order valence-corrected chi connectivity index (χ2v) is 6.29. The number of hydrogen-bond acceptors (Lipinski definition) is 6. The van der Waals surface area contributed by atoms with E-state index in [1.807, 2.05) is 12.1 Å². The van der Waals surface area contributed by atoms with Gasteiger partial charge < -0.3 is 10.2 Å². The van der Waals surface area contributed by atoms with Crippen LogP contribution in [0.2, 0.25) is 0 Å². The summed E-state index contributed by atoms with van der Waals surface area (Å²) >= 11 is 4.65. The number of halogens is 1. The second-order valence-electron chi connectivity index (χ2n) is 4.50. The molecular formula is C12H10BrN5OS. The summed E-state index contributed by atoms with van der Waals surface area (Å²) < 4.78 is 0.743. The molecule has 2 aromatic heterocycles. The SMILES string of the molecule is N#CN1CCC(C(=O)Nc2nc3ccc(Br)nc3s2)C1. The fourth-order valence-corrected chi connectivity index (χ4v) is 3.39. The highest BCUT2D eigenvalue weighted by atomic mass is 79.9. The molecule has 0 saturated carbocycles. The molecule has 0 aromatic carbocycles. The van der Waals surface area contributed by atoms with E-state index in [-0.39, 0.29) is 11.8 Å². The Bertz CT molecular complexity index is 709. The molecule has 1 fully saturated rings. The molecule has 102 valence electrons. The molecule has 8 heteroatoms. The third kappa shape index (κ3) is 2.59. The molecule has 0 aliphatic carbocycles. The standard InChI is InChI=1S/C12H10BrN5OS/c13-9-2-1-8-11(16-9)20-12(15-8)17-10(19)7-3-4-18(5-7)6-14/h1-2,7H,3-5H2,(H,15,17,19). The van der Waals surface area contributed by atoms with Crippen molar-refractivity contribution in [2.75, 3.05) is 18.4 Å². The highest BCUT2D eigenvalue weighted by Gasteiger charge is 2.28. The molecule has 1 atom stereocenters. The van der Waals surface area contributed by atoms with Crippen LogP contribution in [0.1, 0.15) is 6.42 Å². The van der Waals surface area contributed by atoms with E-state index < -0.39 is 0 Å². The van der Waals surface area contributed by atoms with Gasteiger partial charge in [0.05, 0.1) is 5.92 Å². The molecule has 3 rings (SSSR count). The third-order valence-electron chi connectivity index (χ3n) is 3.15. The molecule has 1 aliphatic heterocycles. The van der Waals surface area contributed by atoms with Crippen LogP contribution in [-0.4, -0.2) is 33.9 Å². The van der Waals surface area contributed by atoms with Gasteiger partial charge in [-0.1, -0.05) is 11.3 Å². The second kappa shape index (κ2) is 5.34. The average Bonchev–Trinajstić information content (AvgIpc) is 3.03. The molecule has 2 aromatic rings. The predicted molar refractivity (Wildman–Crippen MR) is 79.0 cm³/mol. The quantitative estimate of drug-likeness (QED) is 0.662. The predicted octanol–water partition coefficient (Wildman–Crippen LogP) is 2.20. The van der Waals surface area contributed by atoms with Gasteiger partial charge in [0.15, 0.2) is 11.3 Å². The normalized spacial score (nSPS) is 18.2. The maximum Gasteiger partial charge on any atom is 0.231 e. The number of nitriles is 1. The monoisotopic (exact) mass is 351 g/mol. The van der Waals surface area contributed by atoms with Crippen molar-refractivity contribution in [3.63, 3.8) is 0 Å². The number of amides is 1. The van der Waals surface area contributed by atoms with Crippen molar-refractivity contribution in [1.82, 2.24) is 14.9 Å². The minimum absolute atomic E-state index is 0.0825. The van der Waals surface area contributed by atoms with Crippen LogP contribution in [0.4, 0.5) is 5.13 Å². The first-order valence-corrected chi connectivity index (χ1v) is 7.65. The lowest BCUT2D eigenvalue weighted by atomic mass is 10.1. The Labute approximate surface area is 127 Å². The summed E-state index contributed by atoms with van der Waals surface area (Å²) in [5.41, 5.74) is 0.763. The van der Waals surface area contributed by atoms with E-state index in [9.17, 15) is 4.79 Å². The fourth-order valence-electron chi connectivity index (χ4n) is 2.12. The van der Waals surface area contributed by atoms with Crippen LogP contribution in [0.5, 0.6) is 0 Å². The molecular weight excluding hydrogens is 342 g/mol. The number of fused-ring (bicyclic) bond motifs is 1. The summed E-state index contributed by atoms with van der Waals surface area (Å²) in [5.74, 6) is -0.234. The Kier molecular flexibility index (Phi) is 3.54. The smallest absolute Gasteiger partial charge is 0.231 e. The lowest BCUT2D eigenvalue weighted by Gasteiger charge is -2.08. The van der Waals surface area contributed by atoms with Gasteiger partial charge >= 0.3 is 0 Å². The Morgan fingerprint density at radius 2 is 2.40 bits per heavy atom. The van der Waals surface area contributed by atoms with Crippen molar-refractivity contribution in [2.45, 2.75) is 6.42 Å². The number of aromatic nitrogens is 2. The van der Waals surface area contributed by atoms with Gasteiger partial charge in [-0.15, -0.1) is 0 Å². The zero-order chi connectivity index (χ0) is 14.1. The van der Waals surface area contributed by atoms with Crippen molar-refractivity contribution in [3.05, 3.63) is 16.7 Å². The Morgan fingerprint density at radius 3 is 3.15 bits per heavy atom. The molecule has 0 spiro atoms. The Balaban J connectivity index is 1.73. The lowest BCUT2D eigenvalue weighted by Crippen LogP contribution is -2.25. The van der Waals surface area contributed by atoms with Crippen LogP contribution < -0.4 is 5.32 Å². The highest BCUT2D eigenvalue weighted by molar-refractivity contribution is 9.10. The van der Waals surface area contributed by atoms with Crippen LogP contribution in [0.25, 0.3) is 10.3 Å². The molecule has 0 bridgehead atoms. The number of nitrogens with one attached hydrogen (secondary N) is 1. The van der Waals surface area contributed by atoms with Crippen molar-refractivity contribution in [1.29, 1.82) is 5.26 Å². The third-order valence-corrected chi connectivity index (χ3v) is 4.47. The maximum absolute atomic E-state index is 12.1. The molecule has 0 radical (unpaired) electrons. The molecule has 1 amide bonds. The molecule has 3 heterocycles. The summed E-state index contributed by atoms with van der Waals surface area (Å²) in [6, 6.07) is 3.67. The van der Waals surface area contributed by atoms with Gasteiger partial charge in [0.25, 0.3) is 0 Å². The van der Waals surface area contributed by atoms with Crippen LogP contribution >= 0.6 is 27.3 Å². The number of pyridine rings is 1. The van der Waals surface area contributed by atoms with E-state index >= 15 is 0 Å². The van der Waals surface area contributed by atoms with E-state index in [0.717, 1.165) is 15.0 Å². The van der Waals surface area contributed by atoms with E-state index in [2.05, 4.69) is 37.4 Å². The zero-order valence-electron chi connectivity index (χ0n) is 10.3. The van der Waals surface area contributed by atoms with Crippen LogP contribution in [0.15, 0.2) is 16.7 Å². The number of anilines is 1. The van der Waals surface area contributed by atoms with Crippen molar-refractivity contribution < 1.29 is 4.79 Å². The largest absolute Gasteiger partial charge is 0.310 e. The summed E-state index contributed by atoms with van der Waals surface area (Å²) in [6.07, 6.45) is 2.77. The Morgan fingerprint density at radius 1 is 1.55 bits per heavy atom. The number of rotatable bonds is 2. The first kappa shape index (κ1) is 13.3. The summed E-state index contributed by atoms with van der Waals surface area (Å²) in [6.45, 7) is 1.12. The minimum Gasteiger partial charge on any atom is -0.310 e. The molecule has 1 saturated heterocycles. The molecule has 20 heavy (non-hydrogen) atoms. The molecule has 1 N–H and O–H groups in total. The van der Waals surface area contributed by atoms with Crippen molar-refractivity contribution >= 4 is 48.7 Å².